The van der Waals surface area contributed by atoms with Gasteiger partial charge in [0.15, 0.2) is 0 Å². The van der Waals surface area contributed by atoms with E-state index in [9.17, 15) is 0 Å². The fourth-order valence-electron chi connectivity index (χ4n) is 3.44. The Hall–Kier alpha value is -2.39. The van der Waals surface area contributed by atoms with Crippen molar-refractivity contribution in [3.05, 3.63) is 71.4 Å². The van der Waals surface area contributed by atoms with Gasteiger partial charge in [0.2, 0.25) is 0 Å². The third kappa shape index (κ3) is 2.80. The molecule has 3 heteroatoms. The number of para-hydroxylation sites is 1. The zero-order chi connectivity index (χ0) is 15.6. The number of hydrogen-bond acceptors (Lipinski definition) is 3. The highest BCUT2D eigenvalue weighted by Gasteiger charge is 2.19. The van der Waals surface area contributed by atoms with Crippen LogP contribution >= 0.6 is 0 Å². The average Bonchev–Trinajstić information content (AvgIpc) is 2.59. The van der Waals surface area contributed by atoms with Crippen molar-refractivity contribution in [1.29, 1.82) is 0 Å². The van der Waals surface area contributed by atoms with Gasteiger partial charge in [-0.3, -0.25) is 4.98 Å². The first kappa shape index (κ1) is 14.2. The summed E-state index contributed by atoms with van der Waals surface area (Å²) in [6.45, 7) is 3.97. The maximum atomic E-state index is 4.61. The van der Waals surface area contributed by atoms with Gasteiger partial charge in [-0.25, -0.2) is 0 Å². The topological polar surface area (TPSA) is 37.0 Å². The van der Waals surface area contributed by atoms with Crippen molar-refractivity contribution >= 4 is 16.6 Å². The lowest BCUT2D eigenvalue weighted by Crippen LogP contribution is -2.34. The Morgan fingerprint density at radius 1 is 1.13 bits per heavy atom. The summed E-state index contributed by atoms with van der Waals surface area (Å²) >= 11 is 0. The molecular formula is C20H21N3. The third-order valence-electron chi connectivity index (χ3n) is 4.56. The number of fused-ring (bicyclic) bond motifs is 2. The van der Waals surface area contributed by atoms with E-state index in [1.165, 1.54) is 16.5 Å². The molecule has 0 bridgehead atoms. The van der Waals surface area contributed by atoms with Gasteiger partial charge in [-0.15, -0.1) is 0 Å². The summed E-state index contributed by atoms with van der Waals surface area (Å²) in [6, 6.07) is 19.5. The van der Waals surface area contributed by atoms with Gasteiger partial charge >= 0.3 is 0 Å². The predicted octanol–water partition coefficient (Wildman–Crippen LogP) is 3.84. The van der Waals surface area contributed by atoms with E-state index in [0.717, 1.165) is 36.4 Å². The van der Waals surface area contributed by atoms with E-state index in [4.69, 9.17) is 0 Å². The van der Waals surface area contributed by atoms with Crippen molar-refractivity contribution in [2.24, 2.45) is 0 Å². The first-order chi connectivity index (χ1) is 11.3. The highest BCUT2D eigenvalue weighted by molar-refractivity contribution is 5.91. The Morgan fingerprint density at radius 3 is 2.91 bits per heavy atom. The normalized spacial score (nSPS) is 17.0. The molecule has 3 nitrogen and oxygen atoms in total. The van der Waals surface area contributed by atoms with Crippen molar-refractivity contribution < 1.29 is 0 Å². The maximum Gasteiger partial charge on any atom is 0.0725 e. The minimum absolute atomic E-state index is 0.354. The highest BCUT2D eigenvalue weighted by Crippen LogP contribution is 2.26. The lowest BCUT2D eigenvalue weighted by atomic mass is 9.94. The number of nitrogens with zero attached hydrogens (tertiary/aromatic N) is 1. The van der Waals surface area contributed by atoms with Crippen LogP contribution in [-0.4, -0.2) is 18.1 Å². The second-order valence-electron chi connectivity index (χ2n) is 6.16. The molecule has 1 aliphatic heterocycles. The van der Waals surface area contributed by atoms with Gasteiger partial charge in [0.1, 0.15) is 0 Å². The van der Waals surface area contributed by atoms with Gasteiger partial charge in [0.05, 0.1) is 5.52 Å². The number of anilines is 1. The molecule has 1 atom stereocenters. The molecule has 1 aliphatic rings. The van der Waals surface area contributed by atoms with Gasteiger partial charge in [0, 0.05) is 29.4 Å². The van der Waals surface area contributed by atoms with Crippen LogP contribution in [0.15, 0.2) is 54.6 Å². The Balaban J connectivity index is 1.61. The molecule has 0 saturated carbocycles. The van der Waals surface area contributed by atoms with Crippen molar-refractivity contribution in [3.63, 3.8) is 0 Å². The van der Waals surface area contributed by atoms with Crippen molar-refractivity contribution in [3.8, 4) is 0 Å². The van der Waals surface area contributed by atoms with Crippen LogP contribution in [0.1, 0.15) is 22.9 Å². The number of hydrogen-bond donors (Lipinski definition) is 2. The van der Waals surface area contributed by atoms with Gasteiger partial charge in [-0.1, -0.05) is 42.5 Å². The zero-order valence-electron chi connectivity index (χ0n) is 13.3. The van der Waals surface area contributed by atoms with E-state index in [1.54, 1.807) is 0 Å². The fraction of sp³-hybridized carbons (Fsp3) is 0.250. The maximum absolute atomic E-state index is 4.61. The Bertz CT molecular complexity index is 841. The molecule has 0 saturated heterocycles. The van der Waals surface area contributed by atoms with Crippen LogP contribution in [0.25, 0.3) is 10.9 Å². The lowest BCUT2D eigenvalue weighted by molar-refractivity contribution is 0.523. The van der Waals surface area contributed by atoms with Crippen LogP contribution < -0.4 is 10.6 Å². The molecule has 3 aromatic rings. The van der Waals surface area contributed by atoms with Gasteiger partial charge < -0.3 is 10.6 Å². The van der Waals surface area contributed by atoms with Gasteiger partial charge in [-0.2, -0.15) is 0 Å². The first-order valence-corrected chi connectivity index (χ1v) is 8.23. The van der Waals surface area contributed by atoms with Crippen LogP contribution in [0.4, 0.5) is 5.69 Å². The Labute approximate surface area is 136 Å². The number of pyridine rings is 1. The summed E-state index contributed by atoms with van der Waals surface area (Å²) in [5.41, 5.74) is 6.14. The van der Waals surface area contributed by atoms with Crippen molar-refractivity contribution in [2.75, 3.05) is 18.4 Å². The average molecular weight is 303 g/mol. The van der Waals surface area contributed by atoms with Crippen LogP contribution in [0.3, 0.4) is 0 Å². The molecule has 2 aromatic carbocycles. The van der Waals surface area contributed by atoms with Gasteiger partial charge in [0.25, 0.3) is 0 Å². The third-order valence-corrected chi connectivity index (χ3v) is 4.56. The molecule has 0 aliphatic carbocycles. The van der Waals surface area contributed by atoms with Crippen LogP contribution in [0, 0.1) is 6.92 Å². The largest absolute Gasteiger partial charge is 0.383 e. The summed E-state index contributed by atoms with van der Waals surface area (Å²) in [7, 11) is 0. The molecule has 0 spiro atoms. The minimum Gasteiger partial charge on any atom is -0.383 e. The molecular weight excluding hydrogens is 282 g/mol. The molecule has 0 fully saturated rings. The molecule has 1 aromatic heterocycles. The fourth-order valence-corrected chi connectivity index (χ4v) is 3.44. The van der Waals surface area contributed by atoms with Crippen molar-refractivity contribution in [1.82, 2.24) is 10.3 Å². The molecule has 1 unspecified atom stereocenters. The van der Waals surface area contributed by atoms with Crippen LogP contribution in [-0.2, 0) is 6.42 Å². The second-order valence-corrected chi connectivity index (χ2v) is 6.16. The summed E-state index contributed by atoms with van der Waals surface area (Å²) in [5.74, 6) is 0. The standard InChI is InChI=1S/C20H21N3/c1-14-12-19(17-8-4-5-9-18(17)23-14)22-13-20-16-7-3-2-6-15(16)10-11-21-20/h2-9,12,20-21H,10-11,13H2,1H3,(H,22,23). The second kappa shape index (κ2) is 6.01. The quantitative estimate of drug-likeness (QED) is 0.772. The van der Waals surface area contributed by atoms with E-state index in [-0.39, 0.29) is 0 Å². The van der Waals surface area contributed by atoms with E-state index < -0.39 is 0 Å². The number of aromatic nitrogens is 1. The number of rotatable bonds is 3. The van der Waals surface area contributed by atoms with E-state index in [2.05, 4.69) is 64.1 Å². The monoisotopic (exact) mass is 303 g/mol. The number of nitrogens with one attached hydrogen (secondary N) is 2. The molecule has 0 amide bonds. The van der Waals surface area contributed by atoms with E-state index >= 15 is 0 Å². The zero-order valence-corrected chi connectivity index (χ0v) is 13.3. The summed E-state index contributed by atoms with van der Waals surface area (Å²) < 4.78 is 0. The lowest BCUT2D eigenvalue weighted by Gasteiger charge is -2.27. The summed E-state index contributed by atoms with van der Waals surface area (Å²) in [5, 5.41) is 8.45. The smallest absolute Gasteiger partial charge is 0.0725 e. The van der Waals surface area contributed by atoms with E-state index in [1.807, 2.05) is 13.0 Å². The van der Waals surface area contributed by atoms with Gasteiger partial charge in [-0.05, 0) is 43.1 Å². The van der Waals surface area contributed by atoms with E-state index in [0.29, 0.717) is 6.04 Å². The molecule has 23 heavy (non-hydrogen) atoms. The minimum atomic E-state index is 0.354. The molecule has 2 heterocycles. The molecule has 2 N–H and O–H groups in total. The van der Waals surface area contributed by atoms with Crippen LogP contribution in [0.2, 0.25) is 0 Å². The highest BCUT2D eigenvalue weighted by atomic mass is 15.0. The summed E-state index contributed by atoms with van der Waals surface area (Å²) in [6.07, 6.45) is 1.12. The van der Waals surface area contributed by atoms with Crippen molar-refractivity contribution in [2.45, 2.75) is 19.4 Å². The Kier molecular flexibility index (Phi) is 3.72. The first-order valence-electron chi connectivity index (χ1n) is 8.23. The molecule has 4 rings (SSSR count). The molecule has 0 radical (unpaired) electrons. The predicted molar refractivity (Wildman–Crippen MR) is 95.9 cm³/mol. The summed E-state index contributed by atoms with van der Waals surface area (Å²) in [4.78, 5) is 4.61. The molecule has 116 valence electrons. The number of benzene rings is 2. The SMILES string of the molecule is Cc1cc(NCC2NCCc3ccccc32)c2ccccc2n1. The number of aryl methyl sites for hydroxylation is 1. The van der Waals surface area contributed by atoms with Crippen LogP contribution in [0.5, 0.6) is 0 Å². The Morgan fingerprint density at radius 2 is 1.96 bits per heavy atom.